The molecule has 4 nitrogen and oxygen atoms in total. The molecule has 1 aliphatic rings. The van der Waals surface area contributed by atoms with Crippen molar-refractivity contribution in [1.82, 2.24) is 4.90 Å². The quantitative estimate of drug-likeness (QED) is 0.868. The van der Waals surface area contributed by atoms with Crippen molar-refractivity contribution in [3.05, 3.63) is 28.2 Å². The van der Waals surface area contributed by atoms with Crippen LogP contribution in [0.4, 0.5) is 5.69 Å². The topological polar surface area (TPSA) is 55.6 Å². The highest BCUT2D eigenvalue weighted by molar-refractivity contribution is 9.10. The van der Waals surface area contributed by atoms with E-state index in [0.717, 1.165) is 37.1 Å². The van der Waals surface area contributed by atoms with Gasteiger partial charge in [0.2, 0.25) is 0 Å². The summed E-state index contributed by atoms with van der Waals surface area (Å²) >= 11 is 3.35. The van der Waals surface area contributed by atoms with E-state index >= 15 is 0 Å². The molecule has 1 unspecified atom stereocenters. The number of benzene rings is 1. The molecule has 0 aromatic heterocycles. The molecular weight excluding hydrogens is 308 g/mol. The van der Waals surface area contributed by atoms with Gasteiger partial charge in [-0.15, -0.1) is 0 Å². The zero-order valence-electron chi connectivity index (χ0n) is 11.1. The van der Waals surface area contributed by atoms with Gasteiger partial charge in [0.15, 0.2) is 0 Å². The molecule has 1 fully saturated rings. The minimum Gasteiger partial charge on any atom is -0.398 e. The highest BCUT2D eigenvalue weighted by Gasteiger charge is 2.19. The molecule has 0 spiro atoms. The van der Waals surface area contributed by atoms with Crippen LogP contribution in [0.5, 0.6) is 0 Å². The summed E-state index contributed by atoms with van der Waals surface area (Å²) < 4.78 is 6.20. The summed E-state index contributed by atoms with van der Waals surface area (Å²) in [4.78, 5) is 14.1. The summed E-state index contributed by atoms with van der Waals surface area (Å²) in [5.41, 5.74) is 7.02. The number of amides is 1. The largest absolute Gasteiger partial charge is 0.398 e. The van der Waals surface area contributed by atoms with Crippen molar-refractivity contribution in [3.8, 4) is 0 Å². The fraction of sp³-hybridized carbons (Fsp3) is 0.500. The normalized spacial score (nSPS) is 19.2. The number of nitrogens with zero attached hydrogens (tertiary/aromatic N) is 1. The highest BCUT2D eigenvalue weighted by Crippen LogP contribution is 2.22. The van der Waals surface area contributed by atoms with Crippen molar-refractivity contribution >= 4 is 27.5 Å². The smallest absolute Gasteiger partial charge is 0.253 e. The standard InChI is InChI=1S/C14H19BrN2O2/c1-17(8-10-3-2-6-19-9-10)14(18)11-4-5-13(16)12(15)7-11/h4-5,7,10H,2-3,6,8-9,16H2,1H3. The van der Waals surface area contributed by atoms with Crippen molar-refractivity contribution in [2.24, 2.45) is 5.92 Å². The van der Waals surface area contributed by atoms with Crippen LogP contribution in [-0.4, -0.2) is 37.6 Å². The number of nitrogens with two attached hydrogens (primary N) is 1. The molecule has 1 saturated heterocycles. The van der Waals surface area contributed by atoms with Crippen LogP contribution in [0, 0.1) is 5.92 Å². The molecule has 5 heteroatoms. The van der Waals surface area contributed by atoms with Crippen LogP contribution in [0.3, 0.4) is 0 Å². The van der Waals surface area contributed by atoms with Gasteiger partial charge in [0, 0.05) is 35.9 Å². The van der Waals surface area contributed by atoms with Crippen LogP contribution in [0.2, 0.25) is 0 Å². The minimum atomic E-state index is 0.0197. The number of rotatable bonds is 3. The van der Waals surface area contributed by atoms with E-state index in [4.69, 9.17) is 10.5 Å². The van der Waals surface area contributed by atoms with E-state index in [1.165, 1.54) is 0 Å². The number of hydrogen-bond acceptors (Lipinski definition) is 3. The molecular formula is C14H19BrN2O2. The molecule has 0 bridgehead atoms. The van der Waals surface area contributed by atoms with Crippen LogP contribution < -0.4 is 5.73 Å². The first-order chi connectivity index (χ1) is 9.08. The van der Waals surface area contributed by atoms with Gasteiger partial charge in [0.1, 0.15) is 0 Å². The first kappa shape index (κ1) is 14.3. The number of anilines is 1. The molecule has 19 heavy (non-hydrogen) atoms. The number of halogens is 1. The molecule has 1 amide bonds. The Morgan fingerprint density at radius 3 is 3.00 bits per heavy atom. The molecule has 1 heterocycles. The van der Waals surface area contributed by atoms with E-state index in [1.54, 1.807) is 23.1 Å². The highest BCUT2D eigenvalue weighted by atomic mass is 79.9. The first-order valence-corrected chi connectivity index (χ1v) is 7.25. The van der Waals surface area contributed by atoms with Gasteiger partial charge in [-0.3, -0.25) is 4.79 Å². The van der Waals surface area contributed by atoms with Crippen LogP contribution in [0.25, 0.3) is 0 Å². The second kappa shape index (κ2) is 6.39. The third-order valence-corrected chi connectivity index (χ3v) is 4.07. The van der Waals surface area contributed by atoms with E-state index < -0.39 is 0 Å². The molecule has 1 aliphatic heterocycles. The fourth-order valence-electron chi connectivity index (χ4n) is 2.30. The molecule has 2 rings (SSSR count). The summed E-state index contributed by atoms with van der Waals surface area (Å²) in [5.74, 6) is 0.464. The van der Waals surface area contributed by atoms with Crippen molar-refractivity contribution < 1.29 is 9.53 Å². The number of hydrogen-bond donors (Lipinski definition) is 1. The van der Waals surface area contributed by atoms with E-state index in [0.29, 0.717) is 17.2 Å². The number of nitrogen functional groups attached to an aromatic ring is 1. The van der Waals surface area contributed by atoms with Gasteiger partial charge in [-0.25, -0.2) is 0 Å². The van der Waals surface area contributed by atoms with E-state index in [1.807, 2.05) is 7.05 Å². The second-order valence-electron chi connectivity index (χ2n) is 5.01. The summed E-state index contributed by atoms with van der Waals surface area (Å²) in [6, 6.07) is 5.27. The van der Waals surface area contributed by atoms with E-state index in [2.05, 4.69) is 15.9 Å². The molecule has 0 saturated carbocycles. The lowest BCUT2D eigenvalue weighted by atomic mass is 10.0. The lowest BCUT2D eigenvalue weighted by Crippen LogP contribution is -2.35. The molecule has 0 radical (unpaired) electrons. The van der Waals surface area contributed by atoms with Crippen molar-refractivity contribution in [2.45, 2.75) is 12.8 Å². The van der Waals surface area contributed by atoms with E-state index in [-0.39, 0.29) is 5.91 Å². The van der Waals surface area contributed by atoms with Crippen LogP contribution >= 0.6 is 15.9 Å². The Morgan fingerprint density at radius 2 is 2.37 bits per heavy atom. The van der Waals surface area contributed by atoms with Crippen molar-refractivity contribution in [1.29, 1.82) is 0 Å². The summed E-state index contributed by atoms with van der Waals surface area (Å²) in [6.07, 6.45) is 2.21. The van der Waals surface area contributed by atoms with Gasteiger partial charge >= 0.3 is 0 Å². The maximum atomic E-state index is 12.3. The Kier molecular flexibility index (Phi) is 4.82. The average molecular weight is 327 g/mol. The van der Waals surface area contributed by atoms with Crippen LogP contribution in [0.1, 0.15) is 23.2 Å². The van der Waals surface area contributed by atoms with Crippen molar-refractivity contribution in [3.63, 3.8) is 0 Å². The summed E-state index contributed by atoms with van der Waals surface area (Å²) in [7, 11) is 1.83. The number of ether oxygens (including phenoxy) is 1. The van der Waals surface area contributed by atoms with Gasteiger partial charge in [-0.2, -0.15) is 0 Å². The lowest BCUT2D eigenvalue weighted by Gasteiger charge is -2.27. The average Bonchev–Trinajstić information content (AvgIpc) is 2.42. The monoisotopic (exact) mass is 326 g/mol. The van der Waals surface area contributed by atoms with Crippen LogP contribution in [-0.2, 0) is 4.74 Å². The lowest BCUT2D eigenvalue weighted by molar-refractivity contribution is 0.0388. The molecule has 1 aromatic rings. The Bertz CT molecular complexity index is 459. The minimum absolute atomic E-state index is 0.0197. The molecule has 2 N–H and O–H groups in total. The van der Waals surface area contributed by atoms with Gasteiger partial charge < -0.3 is 15.4 Å². The Hall–Kier alpha value is -1.07. The predicted octanol–water partition coefficient (Wildman–Crippen LogP) is 2.53. The van der Waals surface area contributed by atoms with Gasteiger partial charge in [0.05, 0.1) is 6.61 Å². The third-order valence-electron chi connectivity index (χ3n) is 3.38. The molecule has 1 aromatic carbocycles. The molecule has 104 valence electrons. The van der Waals surface area contributed by atoms with Gasteiger partial charge in [-0.05, 0) is 52.9 Å². The van der Waals surface area contributed by atoms with Gasteiger partial charge in [0.25, 0.3) is 5.91 Å². The maximum absolute atomic E-state index is 12.3. The number of carbonyl (C=O) groups excluding carboxylic acids is 1. The SMILES string of the molecule is CN(CC1CCCOC1)C(=O)c1ccc(N)c(Br)c1. The van der Waals surface area contributed by atoms with Gasteiger partial charge in [-0.1, -0.05) is 0 Å². The third kappa shape index (κ3) is 3.70. The Labute approximate surface area is 122 Å². The van der Waals surface area contributed by atoms with Crippen molar-refractivity contribution in [2.75, 3.05) is 32.5 Å². The number of carbonyl (C=O) groups is 1. The molecule has 1 atom stereocenters. The Morgan fingerprint density at radius 1 is 1.58 bits per heavy atom. The summed E-state index contributed by atoms with van der Waals surface area (Å²) in [5, 5.41) is 0. The maximum Gasteiger partial charge on any atom is 0.253 e. The van der Waals surface area contributed by atoms with E-state index in [9.17, 15) is 4.79 Å². The fourth-order valence-corrected chi connectivity index (χ4v) is 2.68. The second-order valence-corrected chi connectivity index (χ2v) is 5.86. The summed E-state index contributed by atoms with van der Waals surface area (Å²) in [6.45, 7) is 2.34. The molecule has 0 aliphatic carbocycles. The zero-order chi connectivity index (χ0) is 13.8. The zero-order valence-corrected chi connectivity index (χ0v) is 12.6. The van der Waals surface area contributed by atoms with Crippen LogP contribution in [0.15, 0.2) is 22.7 Å². The predicted molar refractivity (Wildman–Crippen MR) is 79.1 cm³/mol. The Balaban J connectivity index is 1.99. The first-order valence-electron chi connectivity index (χ1n) is 6.46.